The Hall–Kier alpha value is -0.990. The second-order valence-corrected chi connectivity index (χ2v) is 5.12. The van der Waals surface area contributed by atoms with E-state index in [1.165, 1.54) is 47.8 Å². The summed E-state index contributed by atoms with van der Waals surface area (Å²) in [7, 11) is 0. The van der Waals surface area contributed by atoms with Crippen molar-refractivity contribution in [1.29, 1.82) is 0 Å². The Balaban J connectivity index is 2.34. The summed E-state index contributed by atoms with van der Waals surface area (Å²) in [4.78, 5) is 0. The van der Waals surface area contributed by atoms with Crippen LogP contribution in [0.3, 0.4) is 0 Å². The standard InChI is InChI=1S/C14H17ClN2/c15-12-6-3-5-11-10-4-1-2-7-13(10)17(9-8-16)14(11)12/h3,5-6H,1-2,4,7-9,16H2. The smallest absolute Gasteiger partial charge is 0.0675 e. The zero-order valence-electron chi connectivity index (χ0n) is 9.88. The van der Waals surface area contributed by atoms with Crippen LogP contribution in [0, 0.1) is 0 Å². The molecule has 17 heavy (non-hydrogen) atoms. The molecule has 0 bridgehead atoms. The molecule has 1 aromatic carbocycles. The monoisotopic (exact) mass is 248 g/mol. The van der Waals surface area contributed by atoms with Crippen LogP contribution in [-0.2, 0) is 19.4 Å². The normalized spacial score (nSPS) is 15.2. The number of fused-ring (bicyclic) bond motifs is 3. The van der Waals surface area contributed by atoms with Crippen LogP contribution in [0.5, 0.6) is 0 Å². The highest BCUT2D eigenvalue weighted by Gasteiger charge is 2.20. The third-order valence-corrected chi connectivity index (χ3v) is 4.00. The summed E-state index contributed by atoms with van der Waals surface area (Å²) in [5.74, 6) is 0. The Labute approximate surface area is 106 Å². The third kappa shape index (κ3) is 1.67. The predicted octanol–water partition coefficient (Wildman–Crippen LogP) is 3.13. The molecule has 0 unspecified atom stereocenters. The van der Waals surface area contributed by atoms with Gasteiger partial charge in [0.2, 0.25) is 0 Å². The number of benzene rings is 1. The molecule has 0 spiro atoms. The van der Waals surface area contributed by atoms with Gasteiger partial charge in [-0.15, -0.1) is 0 Å². The van der Waals surface area contributed by atoms with Gasteiger partial charge in [-0.25, -0.2) is 0 Å². The second kappa shape index (κ2) is 4.35. The molecule has 3 rings (SSSR count). The first-order chi connectivity index (χ1) is 8.33. The first-order valence-electron chi connectivity index (χ1n) is 6.31. The Bertz CT molecular complexity index is 557. The van der Waals surface area contributed by atoms with Crippen LogP contribution in [0.25, 0.3) is 10.9 Å². The van der Waals surface area contributed by atoms with E-state index < -0.39 is 0 Å². The van der Waals surface area contributed by atoms with Gasteiger partial charge in [0.05, 0.1) is 10.5 Å². The Morgan fingerprint density at radius 1 is 1.24 bits per heavy atom. The molecule has 0 saturated heterocycles. The third-order valence-electron chi connectivity index (χ3n) is 3.70. The van der Waals surface area contributed by atoms with E-state index in [2.05, 4.69) is 10.6 Å². The molecule has 90 valence electrons. The maximum absolute atomic E-state index is 6.36. The fraction of sp³-hybridized carbons (Fsp3) is 0.429. The quantitative estimate of drug-likeness (QED) is 0.870. The van der Waals surface area contributed by atoms with E-state index >= 15 is 0 Å². The van der Waals surface area contributed by atoms with Crippen LogP contribution in [0.15, 0.2) is 18.2 Å². The molecular weight excluding hydrogens is 232 g/mol. The summed E-state index contributed by atoms with van der Waals surface area (Å²) in [6.07, 6.45) is 4.93. The summed E-state index contributed by atoms with van der Waals surface area (Å²) in [5.41, 5.74) is 9.88. The van der Waals surface area contributed by atoms with E-state index in [4.69, 9.17) is 17.3 Å². The molecule has 1 aliphatic rings. The van der Waals surface area contributed by atoms with Crippen molar-refractivity contribution in [2.24, 2.45) is 5.73 Å². The van der Waals surface area contributed by atoms with E-state index in [9.17, 15) is 0 Å². The van der Waals surface area contributed by atoms with Crippen molar-refractivity contribution in [3.63, 3.8) is 0 Å². The van der Waals surface area contributed by atoms with Gasteiger partial charge in [-0.2, -0.15) is 0 Å². The molecule has 2 nitrogen and oxygen atoms in total. The van der Waals surface area contributed by atoms with Crippen LogP contribution in [0.2, 0.25) is 5.02 Å². The van der Waals surface area contributed by atoms with Crippen LogP contribution >= 0.6 is 11.6 Å². The predicted molar refractivity (Wildman–Crippen MR) is 72.6 cm³/mol. The lowest BCUT2D eigenvalue weighted by atomic mass is 9.95. The van der Waals surface area contributed by atoms with E-state index in [0.717, 1.165) is 11.6 Å². The SMILES string of the molecule is NCCn1c2c(c3cccc(Cl)c31)CCCC2. The number of rotatable bonds is 2. The maximum atomic E-state index is 6.36. The second-order valence-electron chi connectivity index (χ2n) is 4.71. The average molecular weight is 249 g/mol. The zero-order valence-corrected chi connectivity index (χ0v) is 10.6. The minimum Gasteiger partial charge on any atom is -0.342 e. The van der Waals surface area contributed by atoms with Gasteiger partial charge < -0.3 is 10.3 Å². The van der Waals surface area contributed by atoms with Gasteiger partial charge in [-0.05, 0) is 37.3 Å². The molecule has 2 N–H and O–H groups in total. The van der Waals surface area contributed by atoms with Gasteiger partial charge in [-0.1, -0.05) is 23.7 Å². The number of halogens is 1. The van der Waals surface area contributed by atoms with E-state index in [-0.39, 0.29) is 0 Å². The molecule has 0 amide bonds. The fourth-order valence-electron chi connectivity index (χ4n) is 3.02. The van der Waals surface area contributed by atoms with Crippen molar-refractivity contribution in [1.82, 2.24) is 4.57 Å². The van der Waals surface area contributed by atoms with E-state index in [1.807, 2.05) is 12.1 Å². The lowest BCUT2D eigenvalue weighted by molar-refractivity contribution is 0.617. The molecule has 1 aromatic heterocycles. The number of aryl methyl sites for hydroxylation is 1. The van der Waals surface area contributed by atoms with Gasteiger partial charge in [0.1, 0.15) is 0 Å². The lowest BCUT2D eigenvalue weighted by Gasteiger charge is -2.15. The summed E-state index contributed by atoms with van der Waals surface area (Å²) in [5, 5.41) is 2.19. The van der Waals surface area contributed by atoms with Crippen LogP contribution in [0.1, 0.15) is 24.1 Å². The topological polar surface area (TPSA) is 30.9 Å². The van der Waals surface area contributed by atoms with Gasteiger partial charge in [0.25, 0.3) is 0 Å². The molecule has 0 radical (unpaired) electrons. The summed E-state index contributed by atoms with van der Waals surface area (Å²) in [6, 6.07) is 6.22. The van der Waals surface area contributed by atoms with Crippen molar-refractivity contribution >= 4 is 22.5 Å². The average Bonchev–Trinajstić information content (AvgIpc) is 2.67. The summed E-state index contributed by atoms with van der Waals surface area (Å²) in [6.45, 7) is 1.54. The van der Waals surface area contributed by atoms with E-state index in [0.29, 0.717) is 6.54 Å². The molecule has 0 saturated carbocycles. The maximum Gasteiger partial charge on any atom is 0.0675 e. The Morgan fingerprint density at radius 3 is 2.88 bits per heavy atom. The highest BCUT2D eigenvalue weighted by Crippen LogP contribution is 2.35. The zero-order chi connectivity index (χ0) is 11.8. The van der Waals surface area contributed by atoms with Crippen LogP contribution < -0.4 is 5.73 Å². The molecule has 3 heteroatoms. The number of nitrogens with two attached hydrogens (primary N) is 1. The molecule has 0 fully saturated rings. The van der Waals surface area contributed by atoms with Crippen LogP contribution in [-0.4, -0.2) is 11.1 Å². The molecule has 0 atom stereocenters. The minimum atomic E-state index is 0.668. The van der Waals surface area contributed by atoms with Crippen molar-refractivity contribution in [3.05, 3.63) is 34.5 Å². The van der Waals surface area contributed by atoms with E-state index in [1.54, 1.807) is 0 Å². The minimum absolute atomic E-state index is 0.668. The highest BCUT2D eigenvalue weighted by molar-refractivity contribution is 6.35. The fourth-order valence-corrected chi connectivity index (χ4v) is 3.30. The number of nitrogens with zero attached hydrogens (tertiary/aromatic N) is 1. The largest absolute Gasteiger partial charge is 0.342 e. The molecule has 1 aliphatic carbocycles. The summed E-state index contributed by atoms with van der Waals surface area (Å²) < 4.78 is 2.34. The lowest BCUT2D eigenvalue weighted by Crippen LogP contribution is -2.14. The van der Waals surface area contributed by atoms with Crippen molar-refractivity contribution in [2.45, 2.75) is 32.2 Å². The Kier molecular flexibility index (Phi) is 2.85. The number of aromatic nitrogens is 1. The highest BCUT2D eigenvalue weighted by atomic mass is 35.5. The number of hydrogen-bond acceptors (Lipinski definition) is 1. The van der Waals surface area contributed by atoms with Crippen molar-refractivity contribution in [2.75, 3.05) is 6.54 Å². The Morgan fingerprint density at radius 2 is 2.06 bits per heavy atom. The van der Waals surface area contributed by atoms with Crippen LogP contribution in [0.4, 0.5) is 0 Å². The molecule has 1 heterocycles. The summed E-state index contributed by atoms with van der Waals surface area (Å²) >= 11 is 6.36. The molecule has 0 aliphatic heterocycles. The first-order valence-corrected chi connectivity index (χ1v) is 6.69. The molecular formula is C14H17ClN2. The van der Waals surface area contributed by atoms with Gasteiger partial charge in [-0.3, -0.25) is 0 Å². The van der Waals surface area contributed by atoms with Crippen molar-refractivity contribution in [3.8, 4) is 0 Å². The number of hydrogen-bond donors (Lipinski definition) is 1. The van der Waals surface area contributed by atoms with Crippen molar-refractivity contribution < 1.29 is 0 Å². The molecule has 2 aromatic rings. The van der Waals surface area contributed by atoms with Gasteiger partial charge in [0.15, 0.2) is 0 Å². The van der Waals surface area contributed by atoms with Gasteiger partial charge in [0, 0.05) is 24.2 Å². The first kappa shape index (κ1) is 11.1. The number of para-hydroxylation sites is 1. The van der Waals surface area contributed by atoms with Gasteiger partial charge >= 0.3 is 0 Å².